The molecule has 84 valence electrons. The summed E-state index contributed by atoms with van der Waals surface area (Å²) in [5.41, 5.74) is -1.10. The van der Waals surface area contributed by atoms with Gasteiger partial charge in [-0.15, -0.1) is 0 Å². The van der Waals surface area contributed by atoms with Crippen LogP contribution >= 0.6 is 0 Å². The van der Waals surface area contributed by atoms with Gasteiger partial charge in [-0.1, -0.05) is 26.0 Å². The van der Waals surface area contributed by atoms with Crippen LogP contribution in [0.15, 0.2) is 12.7 Å². The van der Waals surface area contributed by atoms with Crippen LogP contribution in [0.4, 0.5) is 4.79 Å². The summed E-state index contributed by atoms with van der Waals surface area (Å²) in [5, 5.41) is 11.4. The van der Waals surface area contributed by atoms with Gasteiger partial charge in [0.25, 0.3) is 0 Å². The van der Waals surface area contributed by atoms with Gasteiger partial charge in [-0.3, -0.25) is 0 Å². The second-order valence-electron chi connectivity index (χ2n) is 3.60. The summed E-state index contributed by atoms with van der Waals surface area (Å²) in [6.45, 7) is 5.37. The van der Waals surface area contributed by atoms with E-state index in [4.69, 9.17) is 5.11 Å². The number of nitrogens with one attached hydrogen (secondary N) is 1. The zero-order valence-corrected chi connectivity index (χ0v) is 8.66. The molecule has 0 aliphatic heterocycles. The van der Waals surface area contributed by atoms with Gasteiger partial charge in [-0.05, 0) is 12.3 Å². The first kappa shape index (κ1) is 11.6. The first-order chi connectivity index (χ1) is 7.06. The highest BCUT2D eigenvalue weighted by atomic mass is 16.5. The van der Waals surface area contributed by atoms with Crippen LogP contribution in [0.1, 0.15) is 19.8 Å². The van der Waals surface area contributed by atoms with Crippen molar-refractivity contribution in [3.05, 3.63) is 12.7 Å². The summed E-state index contributed by atoms with van der Waals surface area (Å²) in [6, 6.07) is 0. The maximum absolute atomic E-state index is 11.2. The number of carbonyl (C=O) groups is 2. The number of ether oxygens (including phenoxy) is 1. The lowest BCUT2D eigenvalue weighted by atomic mass is 10.2. The van der Waals surface area contributed by atoms with Crippen molar-refractivity contribution in [2.24, 2.45) is 5.92 Å². The van der Waals surface area contributed by atoms with Gasteiger partial charge in [0.15, 0.2) is 0 Å². The Balaban J connectivity index is 2.51. The summed E-state index contributed by atoms with van der Waals surface area (Å²) in [5.74, 6) is -0.990. The normalized spacial score (nSPS) is 27.9. The van der Waals surface area contributed by atoms with Crippen molar-refractivity contribution >= 4 is 12.1 Å². The van der Waals surface area contributed by atoms with Crippen molar-refractivity contribution in [1.29, 1.82) is 0 Å². The van der Waals surface area contributed by atoms with Gasteiger partial charge in [0.2, 0.25) is 0 Å². The molecular formula is C10H15NO4. The highest BCUT2D eigenvalue weighted by Gasteiger charge is 2.60. The first-order valence-electron chi connectivity index (χ1n) is 4.86. The van der Waals surface area contributed by atoms with E-state index in [2.05, 4.69) is 16.6 Å². The molecule has 5 nitrogen and oxygen atoms in total. The number of alkyl carbamates (subject to hydrolysis) is 1. The number of aliphatic carboxylic acids is 1. The number of rotatable bonds is 5. The third-order valence-corrected chi connectivity index (χ3v) is 2.64. The van der Waals surface area contributed by atoms with E-state index in [0.29, 0.717) is 6.42 Å². The largest absolute Gasteiger partial charge is 0.479 e. The van der Waals surface area contributed by atoms with Crippen LogP contribution in [0, 0.1) is 5.92 Å². The predicted octanol–water partition coefficient (Wildman–Crippen LogP) is 1.15. The van der Waals surface area contributed by atoms with Gasteiger partial charge in [0.05, 0.1) is 0 Å². The second-order valence-corrected chi connectivity index (χ2v) is 3.60. The van der Waals surface area contributed by atoms with E-state index < -0.39 is 17.6 Å². The van der Waals surface area contributed by atoms with Crippen molar-refractivity contribution < 1.29 is 19.4 Å². The minimum atomic E-state index is -1.10. The fraction of sp³-hybridized carbons (Fsp3) is 0.600. The molecule has 1 rings (SSSR count). The maximum atomic E-state index is 11.2. The lowest BCUT2D eigenvalue weighted by Gasteiger charge is -2.13. The molecule has 2 N–H and O–H groups in total. The smallest absolute Gasteiger partial charge is 0.408 e. The fourth-order valence-corrected chi connectivity index (χ4v) is 1.64. The Labute approximate surface area is 88.1 Å². The van der Waals surface area contributed by atoms with Gasteiger partial charge in [-0.2, -0.15) is 0 Å². The Bertz CT molecular complexity index is 289. The van der Waals surface area contributed by atoms with Gasteiger partial charge >= 0.3 is 12.1 Å². The summed E-state index contributed by atoms with van der Waals surface area (Å²) in [7, 11) is 0. The minimum Gasteiger partial charge on any atom is -0.479 e. The molecule has 1 saturated carbocycles. The van der Waals surface area contributed by atoms with Crippen LogP contribution in [-0.2, 0) is 9.53 Å². The van der Waals surface area contributed by atoms with E-state index in [9.17, 15) is 9.59 Å². The molecule has 15 heavy (non-hydrogen) atoms. The summed E-state index contributed by atoms with van der Waals surface area (Å²) in [4.78, 5) is 22.2. The fourth-order valence-electron chi connectivity index (χ4n) is 1.64. The molecule has 0 unspecified atom stereocenters. The molecule has 0 aromatic heterocycles. The van der Waals surface area contributed by atoms with Crippen LogP contribution in [0.25, 0.3) is 0 Å². The molecule has 1 amide bonds. The topological polar surface area (TPSA) is 75.6 Å². The Morgan fingerprint density at radius 1 is 1.73 bits per heavy atom. The highest BCUT2D eigenvalue weighted by molar-refractivity contribution is 5.88. The molecule has 0 heterocycles. The first-order valence-corrected chi connectivity index (χ1v) is 4.86. The quantitative estimate of drug-likeness (QED) is 0.672. The zero-order chi connectivity index (χ0) is 11.5. The van der Waals surface area contributed by atoms with E-state index in [1.165, 1.54) is 6.08 Å². The van der Waals surface area contributed by atoms with Gasteiger partial charge < -0.3 is 15.2 Å². The van der Waals surface area contributed by atoms with E-state index in [1.807, 2.05) is 6.92 Å². The third kappa shape index (κ3) is 2.29. The summed E-state index contributed by atoms with van der Waals surface area (Å²) < 4.78 is 4.68. The lowest BCUT2D eigenvalue weighted by Crippen LogP contribution is -2.45. The lowest BCUT2D eigenvalue weighted by molar-refractivity contribution is -0.141. The number of hydrogen-bond donors (Lipinski definition) is 2. The number of carboxylic acids is 1. The molecule has 1 aliphatic rings. The Hall–Kier alpha value is -1.52. The molecule has 0 saturated heterocycles. The average molecular weight is 213 g/mol. The number of carbonyl (C=O) groups excluding carboxylic acids is 1. The number of amides is 1. The molecule has 0 aromatic carbocycles. The Morgan fingerprint density at radius 3 is 2.80 bits per heavy atom. The summed E-state index contributed by atoms with van der Waals surface area (Å²) in [6.07, 6.45) is 1.93. The molecule has 0 aromatic rings. The van der Waals surface area contributed by atoms with E-state index in [1.54, 1.807) is 0 Å². The maximum Gasteiger partial charge on any atom is 0.408 e. The Morgan fingerprint density at radius 2 is 2.40 bits per heavy atom. The van der Waals surface area contributed by atoms with E-state index in [0.717, 1.165) is 6.42 Å². The van der Waals surface area contributed by atoms with Crippen molar-refractivity contribution in [3.63, 3.8) is 0 Å². The molecule has 0 bridgehead atoms. The molecular weight excluding hydrogens is 198 g/mol. The predicted molar refractivity (Wildman–Crippen MR) is 53.4 cm³/mol. The van der Waals surface area contributed by atoms with Crippen LogP contribution in [0.3, 0.4) is 0 Å². The van der Waals surface area contributed by atoms with Crippen molar-refractivity contribution in [2.75, 3.05) is 6.61 Å². The monoisotopic (exact) mass is 213 g/mol. The molecule has 1 fully saturated rings. The van der Waals surface area contributed by atoms with Crippen LogP contribution in [0.2, 0.25) is 0 Å². The SMILES string of the molecule is C=CCOC(=O)N[C@]1(C(=O)O)C[C@H]1CC. The van der Waals surface area contributed by atoms with Gasteiger partial charge in [0.1, 0.15) is 12.1 Å². The zero-order valence-electron chi connectivity index (χ0n) is 8.66. The summed E-state index contributed by atoms with van der Waals surface area (Å²) >= 11 is 0. The Kier molecular flexibility index (Phi) is 3.34. The van der Waals surface area contributed by atoms with Crippen LogP contribution in [-0.4, -0.2) is 29.3 Å². The molecule has 0 spiro atoms. The van der Waals surface area contributed by atoms with E-state index in [-0.39, 0.29) is 12.5 Å². The molecule has 2 atom stereocenters. The van der Waals surface area contributed by atoms with Crippen LogP contribution in [0.5, 0.6) is 0 Å². The molecule has 1 aliphatic carbocycles. The molecule has 5 heteroatoms. The minimum absolute atomic E-state index is 0.00582. The number of carboxylic acid groups (broad SMARTS) is 1. The van der Waals surface area contributed by atoms with Crippen molar-refractivity contribution in [2.45, 2.75) is 25.3 Å². The van der Waals surface area contributed by atoms with E-state index >= 15 is 0 Å². The van der Waals surface area contributed by atoms with Gasteiger partial charge in [-0.25, -0.2) is 9.59 Å². The third-order valence-electron chi connectivity index (χ3n) is 2.64. The van der Waals surface area contributed by atoms with Crippen molar-refractivity contribution in [1.82, 2.24) is 5.32 Å². The second kappa shape index (κ2) is 4.33. The number of hydrogen-bond acceptors (Lipinski definition) is 3. The van der Waals surface area contributed by atoms with Crippen molar-refractivity contribution in [3.8, 4) is 0 Å². The van der Waals surface area contributed by atoms with Gasteiger partial charge in [0, 0.05) is 0 Å². The molecule has 0 radical (unpaired) electrons. The standard InChI is InChI=1S/C10H15NO4/c1-3-5-15-9(14)11-10(8(12)13)6-7(10)4-2/h3,7H,1,4-6H2,2H3,(H,11,14)(H,12,13)/t7-,10-/m1/s1. The average Bonchev–Trinajstić information content (AvgIpc) is 2.90. The van der Waals surface area contributed by atoms with Crippen LogP contribution < -0.4 is 5.32 Å². The highest BCUT2D eigenvalue weighted by Crippen LogP contribution is 2.45.